The lowest BCUT2D eigenvalue weighted by molar-refractivity contribution is -0.133. The number of carbonyl (C=O) groups excluding carboxylic acids is 1. The number of carbonyl (C=O) groups is 1. The topological polar surface area (TPSA) is 26.3 Å². The van der Waals surface area contributed by atoms with Crippen LogP contribution in [0.15, 0.2) is 91.0 Å². The van der Waals surface area contributed by atoms with E-state index in [2.05, 4.69) is 36.4 Å². The summed E-state index contributed by atoms with van der Waals surface area (Å²) in [4.78, 5) is 12.6. The van der Waals surface area contributed by atoms with Gasteiger partial charge in [0.2, 0.25) is 0 Å². The van der Waals surface area contributed by atoms with Crippen LogP contribution in [0, 0.1) is 0 Å². The Kier molecular flexibility index (Phi) is 5.63. The molecule has 0 aliphatic rings. The third-order valence-corrected chi connectivity index (χ3v) is 7.61. The first-order valence-electron chi connectivity index (χ1n) is 8.55. The second-order valence-electron chi connectivity index (χ2n) is 5.83. The SMILES string of the molecule is CCCC(=O)O[P+](c1ccccc1)(c1ccccc1)c1ccccc1. The van der Waals surface area contributed by atoms with E-state index in [9.17, 15) is 4.79 Å². The lowest BCUT2D eigenvalue weighted by atomic mass is 10.3. The summed E-state index contributed by atoms with van der Waals surface area (Å²) >= 11 is 0. The van der Waals surface area contributed by atoms with Crippen LogP contribution in [0.5, 0.6) is 0 Å². The molecule has 0 fully saturated rings. The van der Waals surface area contributed by atoms with E-state index in [0.717, 1.165) is 22.3 Å². The number of rotatable bonds is 6. The van der Waals surface area contributed by atoms with Gasteiger partial charge in [-0.05, 0) is 42.8 Å². The summed E-state index contributed by atoms with van der Waals surface area (Å²) in [5.41, 5.74) is 0. The zero-order valence-corrected chi connectivity index (χ0v) is 15.2. The minimum Gasteiger partial charge on any atom is -0.297 e. The van der Waals surface area contributed by atoms with Crippen molar-refractivity contribution in [3.8, 4) is 0 Å². The van der Waals surface area contributed by atoms with Crippen LogP contribution in [0.2, 0.25) is 0 Å². The van der Waals surface area contributed by atoms with Crippen molar-refractivity contribution in [2.75, 3.05) is 0 Å². The van der Waals surface area contributed by atoms with Crippen molar-refractivity contribution in [1.82, 2.24) is 0 Å². The van der Waals surface area contributed by atoms with Crippen molar-refractivity contribution >= 4 is 29.4 Å². The fraction of sp³-hybridized carbons (Fsp3) is 0.136. The van der Waals surface area contributed by atoms with E-state index in [4.69, 9.17) is 4.52 Å². The Labute approximate surface area is 149 Å². The van der Waals surface area contributed by atoms with Crippen molar-refractivity contribution in [1.29, 1.82) is 0 Å². The molecule has 25 heavy (non-hydrogen) atoms. The predicted octanol–water partition coefficient (Wildman–Crippen LogP) is 4.24. The largest absolute Gasteiger partial charge is 0.351 e. The summed E-state index contributed by atoms with van der Waals surface area (Å²) in [5.74, 6) is -0.146. The van der Waals surface area contributed by atoms with Gasteiger partial charge in [0.25, 0.3) is 7.49 Å². The molecule has 0 saturated heterocycles. The highest BCUT2D eigenvalue weighted by molar-refractivity contribution is 7.92. The first-order valence-corrected chi connectivity index (χ1v) is 10.3. The normalized spacial score (nSPS) is 11.1. The highest BCUT2D eigenvalue weighted by Gasteiger charge is 2.50. The molecular formula is C22H22O2P+. The highest BCUT2D eigenvalue weighted by atomic mass is 31.2. The molecule has 3 aromatic rings. The van der Waals surface area contributed by atoms with Crippen molar-refractivity contribution in [3.63, 3.8) is 0 Å². The Morgan fingerprint density at radius 2 is 1.08 bits per heavy atom. The molecule has 0 N–H and O–H groups in total. The molecular weight excluding hydrogens is 327 g/mol. The molecule has 0 spiro atoms. The van der Waals surface area contributed by atoms with Crippen LogP contribution in [0.4, 0.5) is 0 Å². The van der Waals surface area contributed by atoms with Gasteiger partial charge >= 0.3 is 5.97 Å². The number of hydrogen-bond donors (Lipinski definition) is 0. The average Bonchev–Trinajstić information content (AvgIpc) is 2.68. The molecule has 3 aromatic carbocycles. The van der Waals surface area contributed by atoms with Gasteiger partial charge in [-0.25, -0.2) is 4.79 Å². The molecule has 0 unspecified atom stereocenters. The molecule has 0 bridgehead atoms. The quantitative estimate of drug-likeness (QED) is 0.622. The molecule has 0 aliphatic carbocycles. The molecule has 0 atom stereocenters. The van der Waals surface area contributed by atoms with Crippen LogP contribution in [-0.4, -0.2) is 5.97 Å². The van der Waals surface area contributed by atoms with Crippen molar-refractivity contribution < 1.29 is 9.32 Å². The summed E-state index contributed by atoms with van der Waals surface area (Å²) in [5, 5.41) is 3.16. The maximum atomic E-state index is 12.6. The molecule has 0 heterocycles. The lowest BCUT2D eigenvalue weighted by Crippen LogP contribution is -2.34. The van der Waals surface area contributed by atoms with Crippen LogP contribution in [0.3, 0.4) is 0 Å². The maximum absolute atomic E-state index is 12.6. The van der Waals surface area contributed by atoms with E-state index in [0.29, 0.717) is 6.42 Å². The second kappa shape index (κ2) is 8.09. The minimum atomic E-state index is -2.49. The van der Waals surface area contributed by atoms with Gasteiger partial charge in [0.1, 0.15) is 15.9 Å². The number of benzene rings is 3. The van der Waals surface area contributed by atoms with E-state index in [-0.39, 0.29) is 5.97 Å². The molecule has 2 nitrogen and oxygen atoms in total. The van der Waals surface area contributed by atoms with E-state index in [1.807, 2.05) is 61.5 Å². The van der Waals surface area contributed by atoms with Crippen molar-refractivity contribution in [3.05, 3.63) is 91.0 Å². The van der Waals surface area contributed by atoms with Gasteiger partial charge in [0, 0.05) is 6.42 Å². The number of hydrogen-bond acceptors (Lipinski definition) is 2. The van der Waals surface area contributed by atoms with Gasteiger partial charge in [-0.1, -0.05) is 61.5 Å². The van der Waals surface area contributed by atoms with E-state index in [1.165, 1.54) is 0 Å². The average molecular weight is 349 g/mol. The van der Waals surface area contributed by atoms with Gasteiger partial charge in [-0.15, -0.1) is 0 Å². The zero-order chi connectivity index (χ0) is 17.5. The molecule has 0 aromatic heterocycles. The summed E-state index contributed by atoms with van der Waals surface area (Å²) < 4.78 is 6.31. The minimum absolute atomic E-state index is 0.146. The summed E-state index contributed by atoms with van der Waals surface area (Å²) in [6.07, 6.45) is 1.20. The molecule has 0 saturated carbocycles. The highest BCUT2D eigenvalue weighted by Crippen LogP contribution is 2.56. The van der Waals surface area contributed by atoms with Crippen molar-refractivity contribution in [2.45, 2.75) is 19.8 Å². The Morgan fingerprint density at radius 3 is 1.40 bits per heavy atom. The van der Waals surface area contributed by atoms with E-state index in [1.54, 1.807) is 0 Å². The fourth-order valence-electron chi connectivity index (χ4n) is 2.92. The standard InChI is InChI=1S/C22H22O2P/c1-2-12-22(23)24-25(19-13-6-3-7-14-19,20-15-8-4-9-16-20)21-17-10-5-11-18-21/h3-11,13-18H,2,12H2,1H3/q+1. The van der Waals surface area contributed by atoms with Crippen LogP contribution in [-0.2, 0) is 9.32 Å². The lowest BCUT2D eigenvalue weighted by Gasteiger charge is -2.25. The summed E-state index contributed by atoms with van der Waals surface area (Å²) in [7, 11) is -2.49. The molecule has 126 valence electrons. The van der Waals surface area contributed by atoms with Gasteiger partial charge in [-0.3, -0.25) is 4.52 Å². The molecule has 3 rings (SSSR count). The Morgan fingerprint density at radius 1 is 0.720 bits per heavy atom. The van der Waals surface area contributed by atoms with Gasteiger partial charge in [0.05, 0.1) is 0 Å². The van der Waals surface area contributed by atoms with Gasteiger partial charge in [-0.2, -0.15) is 0 Å². The van der Waals surface area contributed by atoms with E-state index < -0.39 is 7.49 Å². The summed E-state index contributed by atoms with van der Waals surface area (Å²) in [6, 6.07) is 30.4. The Bertz CT molecular complexity index is 705. The van der Waals surface area contributed by atoms with Crippen LogP contribution in [0.25, 0.3) is 0 Å². The first-order chi connectivity index (χ1) is 12.3. The smallest absolute Gasteiger partial charge is 0.297 e. The fourth-order valence-corrected chi connectivity index (χ4v) is 6.30. The summed E-state index contributed by atoms with van der Waals surface area (Å²) in [6.45, 7) is 1.99. The molecule has 0 aliphatic heterocycles. The van der Waals surface area contributed by atoms with Crippen LogP contribution >= 0.6 is 7.49 Å². The Balaban J connectivity index is 2.26. The Hall–Kier alpha value is -2.44. The third kappa shape index (κ3) is 3.65. The molecule has 0 amide bonds. The van der Waals surface area contributed by atoms with Gasteiger partial charge < -0.3 is 0 Å². The van der Waals surface area contributed by atoms with E-state index >= 15 is 0 Å². The zero-order valence-electron chi connectivity index (χ0n) is 14.3. The monoisotopic (exact) mass is 349 g/mol. The van der Waals surface area contributed by atoms with Crippen molar-refractivity contribution in [2.24, 2.45) is 0 Å². The third-order valence-electron chi connectivity index (χ3n) is 4.05. The second-order valence-corrected chi connectivity index (χ2v) is 8.78. The molecule has 3 heteroatoms. The predicted molar refractivity (Wildman–Crippen MR) is 106 cm³/mol. The van der Waals surface area contributed by atoms with Gasteiger partial charge in [0.15, 0.2) is 0 Å². The van der Waals surface area contributed by atoms with Crippen LogP contribution in [0.1, 0.15) is 19.8 Å². The molecule has 0 radical (unpaired) electrons. The first kappa shape index (κ1) is 17.4. The maximum Gasteiger partial charge on any atom is 0.351 e. The van der Waals surface area contributed by atoms with Crippen LogP contribution < -0.4 is 15.9 Å².